The van der Waals surface area contributed by atoms with Gasteiger partial charge in [-0.3, -0.25) is 14.2 Å². The molecule has 1 aliphatic carbocycles. The molecule has 25 heavy (non-hydrogen) atoms. The van der Waals surface area contributed by atoms with Crippen LogP contribution in [0.15, 0.2) is 17.2 Å². The smallest absolute Gasteiger partial charge is 0.271 e. The van der Waals surface area contributed by atoms with Crippen LogP contribution >= 0.6 is 11.3 Å². The molecular formula is C18H20N4O2S. The van der Waals surface area contributed by atoms with Crippen molar-refractivity contribution in [1.29, 1.82) is 0 Å². The maximum Gasteiger partial charge on any atom is 0.271 e. The number of carbonyl (C=O) groups is 1. The Morgan fingerprint density at radius 3 is 2.92 bits per heavy atom. The fraction of sp³-hybridized carbons (Fsp3) is 0.444. The lowest BCUT2D eigenvalue weighted by molar-refractivity contribution is -0.122. The van der Waals surface area contributed by atoms with Crippen LogP contribution in [0.4, 0.5) is 0 Å². The number of carbonyl (C=O) groups excluding carboxylic acids is 1. The number of nitrogens with one attached hydrogen (secondary N) is 1. The molecule has 4 rings (SSSR count). The van der Waals surface area contributed by atoms with Crippen LogP contribution in [-0.2, 0) is 11.3 Å². The Morgan fingerprint density at radius 1 is 1.44 bits per heavy atom. The topological polar surface area (TPSA) is 76.9 Å². The minimum Gasteiger partial charge on any atom is -0.352 e. The number of aryl methyl sites for hydroxylation is 2. The minimum atomic E-state index is -0.181. The van der Waals surface area contributed by atoms with Crippen LogP contribution in [0.2, 0.25) is 0 Å². The van der Waals surface area contributed by atoms with E-state index in [0.717, 1.165) is 21.5 Å². The van der Waals surface area contributed by atoms with E-state index in [1.54, 1.807) is 0 Å². The molecule has 0 spiro atoms. The van der Waals surface area contributed by atoms with Crippen molar-refractivity contribution in [2.24, 2.45) is 5.92 Å². The van der Waals surface area contributed by atoms with Gasteiger partial charge in [0, 0.05) is 17.1 Å². The molecule has 1 fully saturated rings. The van der Waals surface area contributed by atoms with Crippen molar-refractivity contribution >= 4 is 37.7 Å². The third-order valence-electron chi connectivity index (χ3n) is 4.78. The van der Waals surface area contributed by atoms with Crippen LogP contribution in [0.1, 0.15) is 31.0 Å². The van der Waals surface area contributed by atoms with Gasteiger partial charge in [-0.25, -0.2) is 9.97 Å². The summed E-state index contributed by atoms with van der Waals surface area (Å²) in [6.07, 6.45) is 3.81. The number of hydrogen-bond donors (Lipinski definition) is 1. The van der Waals surface area contributed by atoms with Gasteiger partial charge < -0.3 is 5.32 Å². The molecule has 1 atom stereocenters. The summed E-state index contributed by atoms with van der Waals surface area (Å²) in [5.41, 5.74) is 2.48. The molecule has 3 heterocycles. The molecule has 3 aromatic heterocycles. The van der Waals surface area contributed by atoms with E-state index in [1.165, 1.54) is 35.1 Å². The molecule has 0 unspecified atom stereocenters. The Balaban J connectivity index is 1.70. The first-order valence-electron chi connectivity index (χ1n) is 8.49. The third-order valence-corrected chi connectivity index (χ3v) is 5.84. The lowest BCUT2D eigenvalue weighted by atomic mass is 10.1. The molecule has 0 saturated heterocycles. The summed E-state index contributed by atoms with van der Waals surface area (Å²) in [7, 11) is 0. The van der Waals surface area contributed by atoms with E-state index in [9.17, 15) is 9.59 Å². The van der Waals surface area contributed by atoms with Crippen LogP contribution in [0.25, 0.3) is 20.4 Å². The van der Waals surface area contributed by atoms with Gasteiger partial charge in [0.1, 0.15) is 16.1 Å². The molecule has 7 heteroatoms. The number of thiophene rings is 1. The first kappa shape index (κ1) is 16.2. The van der Waals surface area contributed by atoms with E-state index >= 15 is 0 Å². The van der Waals surface area contributed by atoms with E-state index in [2.05, 4.69) is 15.3 Å². The molecule has 0 bridgehead atoms. The van der Waals surface area contributed by atoms with Gasteiger partial charge in [0.05, 0.1) is 11.8 Å². The second kappa shape index (κ2) is 5.91. The first-order chi connectivity index (χ1) is 11.9. The second-order valence-electron chi connectivity index (χ2n) is 6.91. The largest absolute Gasteiger partial charge is 0.352 e. The standard InChI is InChI=1S/C18H20N4O2S/c1-9-6-10(2)20-17-14(9)15-16(25-17)18(24)22(8-19-15)7-13(23)21-11(3)12-4-5-12/h6,8,11-12H,4-5,7H2,1-3H3,(H,21,23)/t11-/m0/s1. The lowest BCUT2D eigenvalue weighted by Crippen LogP contribution is -2.38. The van der Waals surface area contributed by atoms with Crippen molar-refractivity contribution in [2.45, 2.75) is 46.2 Å². The Morgan fingerprint density at radius 2 is 2.20 bits per heavy atom. The Labute approximate surface area is 148 Å². The molecule has 0 aliphatic heterocycles. The minimum absolute atomic E-state index is 0.00147. The van der Waals surface area contributed by atoms with Gasteiger partial charge in [0.2, 0.25) is 5.91 Å². The van der Waals surface area contributed by atoms with Crippen molar-refractivity contribution < 1.29 is 4.79 Å². The molecule has 0 aromatic carbocycles. The highest BCUT2D eigenvalue weighted by Crippen LogP contribution is 2.32. The number of rotatable bonds is 4. The lowest BCUT2D eigenvalue weighted by Gasteiger charge is -2.13. The number of hydrogen-bond acceptors (Lipinski definition) is 5. The van der Waals surface area contributed by atoms with Gasteiger partial charge in [-0.1, -0.05) is 0 Å². The van der Waals surface area contributed by atoms with Crippen LogP contribution < -0.4 is 10.9 Å². The van der Waals surface area contributed by atoms with E-state index < -0.39 is 0 Å². The maximum absolute atomic E-state index is 12.8. The maximum atomic E-state index is 12.8. The van der Waals surface area contributed by atoms with Crippen LogP contribution in [0.3, 0.4) is 0 Å². The summed E-state index contributed by atoms with van der Waals surface area (Å²) in [5, 5.41) is 3.91. The van der Waals surface area contributed by atoms with E-state index in [-0.39, 0.29) is 24.1 Å². The Kier molecular flexibility index (Phi) is 3.83. The Bertz CT molecular complexity index is 1050. The van der Waals surface area contributed by atoms with Crippen LogP contribution in [-0.4, -0.2) is 26.5 Å². The number of amides is 1. The van der Waals surface area contributed by atoms with Crippen molar-refractivity contribution in [3.8, 4) is 0 Å². The van der Waals surface area contributed by atoms with Gasteiger partial charge in [0.15, 0.2) is 0 Å². The van der Waals surface area contributed by atoms with Crippen molar-refractivity contribution in [3.05, 3.63) is 34.0 Å². The second-order valence-corrected chi connectivity index (χ2v) is 7.91. The molecule has 1 aliphatic rings. The highest BCUT2D eigenvalue weighted by molar-refractivity contribution is 7.25. The number of pyridine rings is 1. The summed E-state index contributed by atoms with van der Waals surface area (Å²) in [6.45, 7) is 5.96. The molecule has 6 nitrogen and oxygen atoms in total. The summed E-state index contributed by atoms with van der Waals surface area (Å²) in [5.74, 6) is 0.440. The number of fused-ring (bicyclic) bond motifs is 3. The van der Waals surface area contributed by atoms with Gasteiger partial charge in [-0.2, -0.15) is 0 Å². The molecular weight excluding hydrogens is 336 g/mol. The molecule has 3 aromatic rings. The Hall–Kier alpha value is -2.28. The molecule has 1 N–H and O–H groups in total. The van der Waals surface area contributed by atoms with Crippen LogP contribution in [0.5, 0.6) is 0 Å². The zero-order valence-electron chi connectivity index (χ0n) is 14.5. The average Bonchev–Trinajstić information content (AvgIpc) is 3.31. The summed E-state index contributed by atoms with van der Waals surface area (Å²) in [4.78, 5) is 34.8. The van der Waals surface area contributed by atoms with E-state index in [0.29, 0.717) is 16.1 Å². The van der Waals surface area contributed by atoms with Gasteiger partial charge in [-0.05, 0) is 51.2 Å². The van der Waals surface area contributed by atoms with Gasteiger partial charge in [-0.15, -0.1) is 11.3 Å². The molecule has 1 amide bonds. The summed E-state index contributed by atoms with van der Waals surface area (Å²) in [6, 6.07) is 2.16. The molecule has 0 radical (unpaired) electrons. The van der Waals surface area contributed by atoms with Gasteiger partial charge >= 0.3 is 0 Å². The average molecular weight is 356 g/mol. The van der Waals surface area contributed by atoms with Crippen LogP contribution in [0, 0.1) is 19.8 Å². The van der Waals surface area contributed by atoms with Crippen molar-refractivity contribution in [1.82, 2.24) is 19.9 Å². The van der Waals surface area contributed by atoms with Gasteiger partial charge in [0.25, 0.3) is 5.56 Å². The summed E-state index contributed by atoms with van der Waals surface area (Å²) >= 11 is 1.35. The fourth-order valence-corrected chi connectivity index (χ4v) is 4.48. The summed E-state index contributed by atoms with van der Waals surface area (Å²) < 4.78 is 1.94. The first-order valence-corrected chi connectivity index (χ1v) is 9.31. The predicted molar refractivity (Wildman–Crippen MR) is 99.0 cm³/mol. The molecule has 1 saturated carbocycles. The molecule has 130 valence electrons. The third kappa shape index (κ3) is 2.93. The fourth-order valence-electron chi connectivity index (χ4n) is 3.28. The SMILES string of the molecule is Cc1cc(C)c2c(n1)sc1c(=O)n(CC(=O)N[C@@H](C)C3CC3)cnc12. The highest BCUT2D eigenvalue weighted by Gasteiger charge is 2.29. The van der Waals surface area contributed by atoms with E-state index in [1.807, 2.05) is 26.8 Å². The van der Waals surface area contributed by atoms with Crippen molar-refractivity contribution in [3.63, 3.8) is 0 Å². The highest BCUT2D eigenvalue weighted by atomic mass is 32.1. The number of nitrogens with zero attached hydrogens (tertiary/aromatic N) is 3. The van der Waals surface area contributed by atoms with E-state index in [4.69, 9.17) is 0 Å². The zero-order valence-corrected chi connectivity index (χ0v) is 15.3. The quantitative estimate of drug-likeness (QED) is 0.779. The predicted octanol–water partition coefficient (Wildman–Crippen LogP) is 2.54. The zero-order chi connectivity index (χ0) is 17.7. The van der Waals surface area contributed by atoms with Crippen molar-refractivity contribution in [2.75, 3.05) is 0 Å². The normalized spacial score (nSPS) is 15.6. The number of aromatic nitrogens is 3. The monoisotopic (exact) mass is 356 g/mol.